The summed E-state index contributed by atoms with van der Waals surface area (Å²) in [7, 11) is -3.19. The molecular weight excluding hydrogens is 190 g/mol. The molecule has 0 aromatic heterocycles. The van der Waals surface area contributed by atoms with Crippen molar-refractivity contribution < 1.29 is 13.5 Å². The van der Waals surface area contributed by atoms with Gasteiger partial charge in [0.05, 0.1) is 12.4 Å². The van der Waals surface area contributed by atoms with Crippen molar-refractivity contribution >= 4 is 10.0 Å². The van der Waals surface area contributed by atoms with Crippen LogP contribution in [0.25, 0.3) is 0 Å². The first-order chi connectivity index (χ1) is 6.11. The number of aliphatic hydroxyl groups is 1. The largest absolute Gasteiger partial charge is 0.395 e. The van der Waals surface area contributed by atoms with Gasteiger partial charge in [-0.1, -0.05) is 6.92 Å². The van der Waals surface area contributed by atoms with E-state index in [2.05, 4.69) is 0 Å². The molecule has 1 atom stereocenters. The number of hydrogen-bond acceptors (Lipinski definition) is 3. The normalized spacial score (nSPS) is 25.2. The molecule has 1 unspecified atom stereocenters. The van der Waals surface area contributed by atoms with E-state index < -0.39 is 10.0 Å². The van der Waals surface area contributed by atoms with Gasteiger partial charge in [0.2, 0.25) is 10.0 Å². The van der Waals surface area contributed by atoms with Crippen LogP contribution < -0.4 is 0 Å². The zero-order valence-corrected chi connectivity index (χ0v) is 8.76. The lowest BCUT2D eigenvalue weighted by Crippen LogP contribution is -2.37. The SMILES string of the molecule is CCC1CCCN1S(=O)(=O)CCO. The fraction of sp³-hybridized carbons (Fsp3) is 1.00. The molecule has 1 aliphatic rings. The van der Waals surface area contributed by atoms with Crippen LogP contribution in [0.2, 0.25) is 0 Å². The molecule has 1 rings (SSSR count). The molecule has 0 spiro atoms. The molecule has 1 saturated heterocycles. The lowest BCUT2D eigenvalue weighted by molar-refractivity contribution is 0.311. The van der Waals surface area contributed by atoms with E-state index in [4.69, 9.17) is 5.11 Å². The van der Waals surface area contributed by atoms with Gasteiger partial charge in [-0.15, -0.1) is 0 Å². The van der Waals surface area contributed by atoms with Gasteiger partial charge in [0.25, 0.3) is 0 Å². The third kappa shape index (κ3) is 2.42. The summed E-state index contributed by atoms with van der Waals surface area (Å²) in [5.41, 5.74) is 0. The molecule has 1 aliphatic heterocycles. The summed E-state index contributed by atoms with van der Waals surface area (Å²) in [6.07, 6.45) is 2.77. The van der Waals surface area contributed by atoms with Crippen molar-refractivity contribution in [3.05, 3.63) is 0 Å². The molecule has 1 N–H and O–H groups in total. The molecule has 4 nitrogen and oxygen atoms in total. The van der Waals surface area contributed by atoms with Gasteiger partial charge < -0.3 is 5.11 Å². The highest BCUT2D eigenvalue weighted by Crippen LogP contribution is 2.23. The van der Waals surface area contributed by atoms with Crippen LogP contribution in [0, 0.1) is 0 Å². The summed E-state index contributed by atoms with van der Waals surface area (Å²) in [6, 6.07) is 0.163. The van der Waals surface area contributed by atoms with E-state index in [1.807, 2.05) is 6.92 Å². The van der Waals surface area contributed by atoms with Crippen molar-refractivity contribution in [1.82, 2.24) is 4.31 Å². The van der Waals surface area contributed by atoms with Crippen molar-refractivity contribution in [3.63, 3.8) is 0 Å². The Hall–Kier alpha value is -0.130. The number of nitrogens with zero attached hydrogens (tertiary/aromatic N) is 1. The number of hydrogen-bond donors (Lipinski definition) is 1. The van der Waals surface area contributed by atoms with Crippen LogP contribution in [0.5, 0.6) is 0 Å². The highest BCUT2D eigenvalue weighted by atomic mass is 32.2. The smallest absolute Gasteiger partial charge is 0.216 e. The molecule has 0 saturated carbocycles. The van der Waals surface area contributed by atoms with Gasteiger partial charge in [0.1, 0.15) is 0 Å². The summed E-state index contributed by atoms with van der Waals surface area (Å²) in [5, 5.41) is 8.62. The predicted octanol–water partition coefficient (Wildman–Crippen LogP) is 0.183. The quantitative estimate of drug-likeness (QED) is 0.715. The van der Waals surface area contributed by atoms with Gasteiger partial charge in [0, 0.05) is 12.6 Å². The fourth-order valence-corrected chi connectivity index (χ4v) is 3.40. The molecule has 1 fully saturated rings. The first-order valence-electron chi connectivity index (χ1n) is 4.72. The molecule has 0 aliphatic carbocycles. The summed E-state index contributed by atoms with van der Waals surface area (Å²) in [4.78, 5) is 0. The second kappa shape index (κ2) is 4.39. The summed E-state index contributed by atoms with van der Waals surface area (Å²) < 4.78 is 24.7. The highest BCUT2D eigenvalue weighted by Gasteiger charge is 2.32. The molecule has 0 amide bonds. The molecule has 0 bridgehead atoms. The highest BCUT2D eigenvalue weighted by molar-refractivity contribution is 7.89. The first-order valence-corrected chi connectivity index (χ1v) is 6.33. The van der Waals surface area contributed by atoms with E-state index in [9.17, 15) is 8.42 Å². The predicted molar refractivity (Wildman–Crippen MR) is 50.9 cm³/mol. The Kier molecular flexibility index (Phi) is 3.70. The Labute approximate surface area is 79.6 Å². The average Bonchev–Trinajstić information content (AvgIpc) is 2.51. The molecule has 0 radical (unpaired) electrons. The Bertz CT molecular complexity index is 250. The van der Waals surface area contributed by atoms with Crippen molar-refractivity contribution in [2.45, 2.75) is 32.2 Å². The fourth-order valence-electron chi connectivity index (χ4n) is 1.82. The van der Waals surface area contributed by atoms with E-state index in [1.165, 1.54) is 0 Å². The minimum absolute atomic E-state index is 0.135. The van der Waals surface area contributed by atoms with Crippen molar-refractivity contribution in [2.75, 3.05) is 18.9 Å². The molecular formula is C8H17NO3S. The molecule has 5 heteroatoms. The van der Waals surface area contributed by atoms with Gasteiger partial charge in [0.15, 0.2) is 0 Å². The van der Waals surface area contributed by atoms with Gasteiger partial charge in [-0.2, -0.15) is 4.31 Å². The lowest BCUT2D eigenvalue weighted by Gasteiger charge is -2.22. The Morgan fingerprint density at radius 1 is 1.54 bits per heavy atom. The topological polar surface area (TPSA) is 57.6 Å². The Morgan fingerprint density at radius 2 is 2.23 bits per heavy atom. The second-order valence-corrected chi connectivity index (χ2v) is 5.40. The van der Waals surface area contributed by atoms with Gasteiger partial charge in [-0.05, 0) is 19.3 Å². The van der Waals surface area contributed by atoms with Crippen LogP contribution in [0.4, 0.5) is 0 Å². The second-order valence-electron chi connectivity index (χ2n) is 3.35. The maximum absolute atomic E-state index is 11.6. The Morgan fingerprint density at radius 3 is 2.77 bits per heavy atom. The maximum Gasteiger partial charge on any atom is 0.216 e. The van der Waals surface area contributed by atoms with Crippen LogP contribution in [-0.4, -0.2) is 42.8 Å². The van der Waals surface area contributed by atoms with Crippen LogP contribution >= 0.6 is 0 Å². The third-order valence-electron chi connectivity index (χ3n) is 2.50. The van der Waals surface area contributed by atoms with E-state index in [1.54, 1.807) is 4.31 Å². The van der Waals surface area contributed by atoms with Gasteiger partial charge in [-0.25, -0.2) is 8.42 Å². The molecule has 0 aromatic carbocycles. The van der Waals surface area contributed by atoms with Gasteiger partial charge in [-0.3, -0.25) is 0 Å². The molecule has 78 valence electrons. The zero-order chi connectivity index (χ0) is 9.90. The number of sulfonamides is 1. The number of rotatable bonds is 4. The van der Waals surface area contributed by atoms with E-state index in [0.717, 1.165) is 19.3 Å². The lowest BCUT2D eigenvalue weighted by atomic mass is 10.2. The van der Waals surface area contributed by atoms with Crippen molar-refractivity contribution in [2.24, 2.45) is 0 Å². The van der Waals surface area contributed by atoms with Crippen LogP contribution in [0.1, 0.15) is 26.2 Å². The third-order valence-corrected chi connectivity index (χ3v) is 4.39. The van der Waals surface area contributed by atoms with Crippen LogP contribution in [-0.2, 0) is 10.0 Å². The van der Waals surface area contributed by atoms with E-state index in [-0.39, 0.29) is 18.4 Å². The van der Waals surface area contributed by atoms with Crippen molar-refractivity contribution in [3.8, 4) is 0 Å². The zero-order valence-electron chi connectivity index (χ0n) is 7.94. The van der Waals surface area contributed by atoms with Crippen molar-refractivity contribution in [1.29, 1.82) is 0 Å². The first kappa shape index (κ1) is 10.9. The van der Waals surface area contributed by atoms with Crippen LogP contribution in [0.15, 0.2) is 0 Å². The van der Waals surface area contributed by atoms with Crippen LogP contribution in [0.3, 0.4) is 0 Å². The standard InChI is InChI=1S/C8H17NO3S/c1-2-8-4-3-5-9(8)13(11,12)7-6-10/h8,10H,2-7H2,1H3. The summed E-state index contributed by atoms with van der Waals surface area (Å²) in [5.74, 6) is -0.135. The summed E-state index contributed by atoms with van der Waals surface area (Å²) in [6.45, 7) is 2.34. The maximum atomic E-state index is 11.6. The van der Waals surface area contributed by atoms with Gasteiger partial charge >= 0.3 is 0 Å². The van der Waals surface area contributed by atoms with E-state index in [0.29, 0.717) is 6.54 Å². The molecule has 0 aromatic rings. The minimum atomic E-state index is -3.19. The molecule has 13 heavy (non-hydrogen) atoms. The Balaban J connectivity index is 2.69. The average molecular weight is 207 g/mol. The summed E-state index contributed by atoms with van der Waals surface area (Å²) >= 11 is 0. The number of aliphatic hydroxyl groups excluding tert-OH is 1. The van der Waals surface area contributed by atoms with E-state index >= 15 is 0 Å². The monoisotopic (exact) mass is 207 g/mol. The molecule has 1 heterocycles. The minimum Gasteiger partial charge on any atom is -0.395 e.